The van der Waals surface area contributed by atoms with E-state index in [1.165, 1.54) is 0 Å². The van der Waals surface area contributed by atoms with Crippen molar-refractivity contribution in [2.75, 3.05) is 37.4 Å². The number of anilines is 2. The maximum Gasteiger partial charge on any atom is 0.411 e. The Bertz CT molecular complexity index is 458. The van der Waals surface area contributed by atoms with Crippen molar-refractivity contribution < 1.29 is 17.9 Å². The molecule has 0 fully saturated rings. The third-order valence-corrected chi connectivity index (χ3v) is 2.47. The van der Waals surface area contributed by atoms with Crippen molar-refractivity contribution >= 4 is 11.6 Å². The third-order valence-electron chi connectivity index (χ3n) is 2.47. The summed E-state index contributed by atoms with van der Waals surface area (Å²) in [6.45, 7) is 4.89. The van der Waals surface area contributed by atoms with Gasteiger partial charge < -0.3 is 15.4 Å². The molecule has 1 aromatic heterocycles. The lowest BCUT2D eigenvalue weighted by Gasteiger charge is -2.19. The van der Waals surface area contributed by atoms with Crippen molar-refractivity contribution in [2.24, 2.45) is 0 Å². The van der Waals surface area contributed by atoms with Gasteiger partial charge in [-0.2, -0.15) is 13.2 Å². The molecule has 1 rings (SSSR count). The molecule has 0 bridgehead atoms. The molecule has 0 aliphatic heterocycles. The summed E-state index contributed by atoms with van der Waals surface area (Å²) in [5.74, 6) is 1.84. The smallest absolute Gasteiger partial charge is 0.373 e. The number of nitrogens with zero attached hydrogens (tertiary/aromatic N) is 2. The number of hydrogen-bond acceptors (Lipinski definition) is 5. The highest BCUT2D eigenvalue weighted by molar-refractivity contribution is 5.47. The summed E-state index contributed by atoms with van der Waals surface area (Å²) in [4.78, 5) is 8.72. The molecular weight excluding hydrogens is 285 g/mol. The molecule has 8 heteroatoms. The van der Waals surface area contributed by atoms with Crippen LogP contribution in [0.4, 0.5) is 24.8 Å². The van der Waals surface area contributed by atoms with Crippen LogP contribution in [-0.2, 0) is 10.2 Å². The van der Waals surface area contributed by atoms with Gasteiger partial charge in [-0.05, 0) is 0 Å². The van der Waals surface area contributed by atoms with Crippen LogP contribution in [0.25, 0.3) is 0 Å². The Morgan fingerprint density at radius 2 is 1.76 bits per heavy atom. The number of hydrogen-bond donors (Lipinski definition) is 2. The molecule has 0 amide bonds. The van der Waals surface area contributed by atoms with Gasteiger partial charge in [0.05, 0.1) is 6.61 Å². The van der Waals surface area contributed by atoms with Gasteiger partial charge in [0, 0.05) is 25.1 Å². The highest BCUT2D eigenvalue weighted by atomic mass is 19.4. The fraction of sp³-hybridized carbons (Fsp3) is 0.692. The Hall–Kier alpha value is -1.57. The molecule has 0 spiro atoms. The summed E-state index contributed by atoms with van der Waals surface area (Å²) in [5, 5.41) is 5.86. The van der Waals surface area contributed by atoms with Crippen LogP contribution >= 0.6 is 0 Å². The Kier molecular flexibility index (Phi) is 5.77. The Morgan fingerprint density at radius 3 is 2.29 bits per heavy atom. The van der Waals surface area contributed by atoms with Crippen molar-refractivity contribution in [3.8, 4) is 0 Å². The molecule has 0 saturated heterocycles. The second-order valence-electron chi connectivity index (χ2n) is 5.56. The van der Waals surface area contributed by atoms with Crippen molar-refractivity contribution in [3.05, 3.63) is 11.9 Å². The van der Waals surface area contributed by atoms with Crippen LogP contribution in [0.3, 0.4) is 0 Å². The topological polar surface area (TPSA) is 59.1 Å². The van der Waals surface area contributed by atoms with E-state index in [-0.39, 0.29) is 18.6 Å². The van der Waals surface area contributed by atoms with Gasteiger partial charge in [0.15, 0.2) is 0 Å². The maximum absolute atomic E-state index is 11.9. The Labute approximate surface area is 122 Å². The van der Waals surface area contributed by atoms with Gasteiger partial charge in [-0.25, -0.2) is 9.97 Å². The molecule has 1 heterocycles. The van der Waals surface area contributed by atoms with E-state index in [0.717, 1.165) is 0 Å². The zero-order valence-corrected chi connectivity index (χ0v) is 12.6. The summed E-state index contributed by atoms with van der Waals surface area (Å²) in [7, 11) is 1.74. The van der Waals surface area contributed by atoms with Gasteiger partial charge in [-0.3, -0.25) is 0 Å². The van der Waals surface area contributed by atoms with E-state index in [4.69, 9.17) is 0 Å². The summed E-state index contributed by atoms with van der Waals surface area (Å²) in [6.07, 6.45) is -4.30. The molecule has 0 unspecified atom stereocenters. The minimum absolute atomic E-state index is 0.0523. The number of rotatable bonds is 6. The molecule has 120 valence electrons. The van der Waals surface area contributed by atoms with Crippen LogP contribution in [0, 0.1) is 0 Å². The lowest BCUT2D eigenvalue weighted by molar-refractivity contribution is -0.172. The van der Waals surface area contributed by atoms with Crippen LogP contribution in [0.5, 0.6) is 0 Å². The first-order valence-electron chi connectivity index (χ1n) is 6.57. The summed E-state index contributed by atoms with van der Waals surface area (Å²) < 4.78 is 40.3. The molecule has 0 aliphatic carbocycles. The minimum atomic E-state index is -4.30. The molecule has 0 saturated carbocycles. The molecule has 2 N–H and O–H groups in total. The van der Waals surface area contributed by atoms with Crippen molar-refractivity contribution in [1.82, 2.24) is 9.97 Å². The zero-order valence-electron chi connectivity index (χ0n) is 12.6. The Morgan fingerprint density at radius 1 is 1.14 bits per heavy atom. The lowest BCUT2D eigenvalue weighted by Crippen LogP contribution is -2.21. The first-order chi connectivity index (χ1) is 9.62. The standard InChI is InChI=1S/C13H21F3N4O/c1-12(2,3)11-19-9(17-4)7-10(20-11)18-5-6-21-8-13(14,15)16/h7H,5-6,8H2,1-4H3,(H2,17,18,19,20). The van der Waals surface area contributed by atoms with Gasteiger partial charge in [-0.15, -0.1) is 0 Å². The first-order valence-corrected chi connectivity index (χ1v) is 6.57. The van der Waals surface area contributed by atoms with Gasteiger partial charge in [-0.1, -0.05) is 20.8 Å². The normalized spacial score (nSPS) is 12.3. The monoisotopic (exact) mass is 306 g/mol. The van der Waals surface area contributed by atoms with Crippen LogP contribution in [0.15, 0.2) is 6.07 Å². The second-order valence-corrected chi connectivity index (χ2v) is 5.56. The predicted molar refractivity (Wildman–Crippen MR) is 75.6 cm³/mol. The maximum atomic E-state index is 11.9. The number of alkyl halides is 3. The number of nitrogens with one attached hydrogen (secondary N) is 2. The average molecular weight is 306 g/mol. The van der Waals surface area contributed by atoms with Crippen molar-refractivity contribution in [1.29, 1.82) is 0 Å². The van der Waals surface area contributed by atoms with E-state index in [1.807, 2.05) is 20.8 Å². The van der Waals surface area contributed by atoms with Gasteiger partial charge in [0.2, 0.25) is 0 Å². The molecule has 0 aliphatic rings. The molecular formula is C13H21F3N4O. The average Bonchev–Trinajstić information content (AvgIpc) is 2.35. The molecule has 0 atom stereocenters. The number of aromatic nitrogens is 2. The quantitative estimate of drug-likeness (QED) is 0.792. The van der Waals surface area contributed by atoms with Gasteiger partial charge in [0.1, 0.15) is 24.1 Å². The highest BCUT2D eigenvalue weighted by Gasteiger charge is 2.27. The van der Waals surface area contributed by atoms with Crippen LogP contribution in [-0.4, -0.2) is 43.0 Å². The molecule has 5 nitrogen and oxygen atoms in total. The van der Waals surface area contributed by atoms with Gasteiger partial charge in [0.25, 0.3) is 0 Å². The molecule has 0 aromatic carbocycles. The summed E-state index contributed by atoms with van der Waals surface area (Å²) >= 11 is 0. The molecule has 21 heavy (non-hydrogen) atoms. The highest BCUT2D eigenvalue weighted by Crippen LogP contribution is 2.22. The van der Waals surface area contributed by atoms with E-state index in [9.17, 15) is 13.2 Å². The lowest BCUT2D eigenvalue weighted by atomic mass is 9.96. The summed E-state index contributed by atoms with van der Waals surface area (Å²) in [5.41, 5.74) is -0.226. The number of halogens is 3. The van der Waals surface area contributed by atoms with Crippen molar-refractivity contribution in [3.63, 3.8) is 0 Å². The fourth-order valence-electron chi connectivity index (χ4n) is 1.44. The molecule has 1 aromatic rings. The zero-order chi connectivity index (χ0) is 16.1. The van der Waals surface area contributed by atoms with E-state index in [2.05, 4.69) is 25.3 Å². The van der Waals surface area contributed by atoms with Gasteiger partial charge >= 0.3 is 6.18 Å². The molecule has 0 radical (unpaired) electrons. The van der Waals surface area contributed by atoms with E-state index in [1.54, 1.807) is 13.1 Å². The van der Waals surface area contributed by atoms with Crippen LogP contribution < -0.4 is 10.6 Å². The third kappa shape index (κ3) is 6.61. The van der Waals surface area contributed by atoms with E-state index in [0.29, 0.717) is 17.5 Å². The van der Waals surface area contributed by atoms with E-state index >= 15 is 0 Å². The number of ether oxygens (including phenoxy) is 1. The van der Waals surface area contributed by atoms with Crippen LogP contribution in [0.1, 0.15) is 26.6 Å². The fourth-order valence-corrected chi connectivity index (χ4v) is 1.44. The Balaban J connectivity index is 2.59. The summed E-state index contributed by atoms with van der Waals surface area (Å²) in [6, 6.07) is 1.69. The first kappa shape index (κ1) is 17.5. The second kappa shape index (κ2) is 6.93. The van der Waals surface area contributed by atoms with E-state index < -0.39 is 12.8 Å². The van der Waals surface area contributed by atoms with Crippen molar-refractivity contribution in [2.45, 2.75) is 32.4 Å². The largest absolute Gasteiger partial charge is 0.411 e. The van der Waals surface area contributed by atoms with Crippen LogP contribution in [0.2, 0.25) is 0 Å². The SMILES string of the molecule is CNc1cc(NCCOCC(F)(F)F)nc(C(C)(C)C)n1. The minimum Gasteiger partial charge on any atom is -0.373 e. The predicted octanol–water partition coefficient (Wildman–Crippen LogP) is 2.81.